The van der Waals surface area contributed by atoms with Crippen LogP contribution >= 0.6 is 0 Å². The van der Waals surface area contributed by atoms with Crippen LogP contribution in [0, 0.1) is 29.6 Å². The van der Waals surface area contributed by atoms with E-state index in [2.05, 4.69) is 20.8 Å². The fourth-order valence-corrected chi connectivity index (χ4v) is 4.42. The minimum Gasteiger partial charge on any atom is -0.327 e. The molecule has 0 aromatic heterocycles. The highest BCUT2D eigenvalue weighted by molar-refractivity contribution is 4.90. The van der Waals surface area contributed by atoms with Gasteiger partial charge in [-0.3, -0.25) is 0 Å². The van der Waals surface area contributed by atoms with Crippen molar-refractivity contribution in [1.29, 1.82) is 0 Å². The zero-order valence-electron chi connectivity index (χ0n) is 11.3. The molecule has 0 heterocycles. The molecule has 0 radical (unpaired) electrons. The lowest BCUT2D eigenvalue weighted by molar-refractivity contribution is 0.152. The molecule has 0 amide bonds. The van der Waals surface area contributed by atoms with Crippen LogP contribution in [0.25, 0.3) is 0 Å². The average Bonchev–Trinajstić information content (AvgIpc) is 2.62. The maximum absolute atomic E-state index is 6.57. The molecule has 94 valence electrons. The molecular formula is C15H29N. The first-order valence-electron chi connectivity index (χ1n) is 7.33. The Morgan fingerprint density at radius 2 is 1.56 bits per heavy atom. The summed E-state index contributed by atoms with van der Waals surface area (Å²) < 4.78 is 0. The minimum atomic E-state index is 0.489. The van der Waals surface area contributed by atoms with Gasteiger partial charge in [0.05, 0.1) is 0 Å². The molecule has 2 saturated carbocycles. The van der Waals surface area contributed by atoms with E-state index in [0.717, 1.165) is 29.6 Å². The van der Waals surface area contributed by atoms with Crippen molar-refractivity contribution in [2.75, 3.05) is 0 Å². The van der Waals surface area contributed by atoms with Gasteiger partial charge in [-0.15, -0.1) is 0 Å². The molecule has 0 bridgehead atoms. The van der Waals surface area contributed by atoms with Gasteiger partial charge in [0, 0.05) is 6.04 Å². The zero-order valence-corrected chi connectivity index (χ0v) is 11.3. The lowest BCUT2D eigenvalue weighted by Crippen LogP contribution is -2.42. The van der Waals surface area contributed by atoms with Crippen molar-refractivity contribution < 1.29 is 0 Å². The van der Waals surface area contributed by atoms with Crippen molar-refractivity contribution in [2.24, 2.45) is 35.3 Å². The number of hydrogen-bond donors (Lipinski definition) is 1. The predicted molar refractivity (Wildman–Crippen MR) is 70.1 cm³/mol. The topological polar surface area (TPSA) is 26.0 Å². The fourth-order valence-electron chi connectivity index (χ4n) is 4.42. The smallest absolute Gasteiger partial charge is 0.00983 e. The number of hydrogen-bond acceptors (Lipinski definition) is 1. The van der Waals surface area contributed by atoms with Crippen molar-refractivity contribution in [1.82, 2.24) is 0 Å². The third kappa shape index (κ3) is 2.61. The first-order valence-corrected chi connectivity index (χ1v) is 7.33. The van der Waals surface area contributed by atoms with Crippen LogP contribution in [0.3, 0.4) is 0 Å². The molecule has 0 aliphatic heterocycles. The molecule has 2 aliphatic rings. The summed E-state index contributed by atoms with van der Waals surface area (Å²) in [6, 6.07) is 0.489. The number of nitrogens with two attached hydrogens (primary N) is 1. The summed E-state index contributed by atoms with van der Waals surface area (Å²) in [5, 5.41) is 0. The van der Waals surface area contributed by atoms with Crippen LogP contribution in [0.2, 0.25) is 0 Å². The number of rotatable bonds is 2. The highest BCUT2D eigenvalue weighted by atomic mass is 14.7. The first-order chi connectivity index (χ1) is 7.58. The molecule has 16 heavy (non-hydrogen) atoms. The van der Waals surface area contributed by atoms with Crippen molar-refractivity contribution in [3.05, 3.63) is 0 Å². The SMILES string of the molecule is CC1CC(C)CC(C(N)C2CCCC2C)C1. The third-order valence-electron chi connectivity index (χ3n) is 5.18. The highest BCUT2D eigenvalue weighted by Crippen LogP contribution is 2.41. The van der Waals surface area contributed by atoms with Gasteiger partial charge in [-0.05, 0) is 55.3 Å². The maximum Gasteiger partial charge on any atom is 0.00983 e. The van der Waals surface area contributed by atoms with Gasteiger partial charge in [-0.25, -0.2) is 0 Å². The summed E-state index contributed by atoms with van der Waals surface area (Å²) in [5.74, 6) is 4.31. The van der Waals surface area contributed by atoms with E-state index in [9.17, 15) is 0 Å². The van der Waals surface area contributed by atoms with Gasteiger partial charge in [0.25, 0.3) is 0 Å². The Labute approximate surface area is 101 Å². The third-order valence-corrected chi connectivity index (χ3v) is 5.18. The van der Waals surface area contributed by atoms with Gasteiger partial charge in [0.2, 0.25) is 0 Å². The maximum atomic E-state index is 6.57. The Morgan fingerprint density at radius 1 is 0.938 bits per heavy atom. The Hall–Kier alpha value is -0.0400. The van der Waals surface area contributed by atoms with E-state index in [0.29, 0.717) is 6.04 Å². The van der Waals surface area contributed by atoms with E-state index in [1.54, 1.807) is 0 Å². The van der Waals surface area contributed by atoms with Crippen molar-refractivity contribution in [3.63, 3.8) is 0 Å². The summed E-state index contributed by atoms with van der Waals surface area (Å²) in [6.07, 6.45) is 8.40. The van der Waals surface area contributed by atoms with Gasteiger partial charge in [0.15, 0.2) is 0 Å². The molecule has 2 N–H and O–H groups in total. The lowest BCUT2D eigenvalue weighted by atomic mass is 9.70. The predicted octanol–water partition coefficient (Wildman–Crippen LogP) is 3.82. The van der Waals surface area contributed by atoms with Crippen LogP contribution in [0.15, 0.2) is 0 Å². The van der Waals surface area contributed by atoms with Gasteiger partial charge in [0.1, 0.15) is 0 Å². The van der Waals surface area contributed by atoms with E-state index in [-0.39, 0.29) is 0 Å². The van der Waals surface area contributed by atoms with Crippen LogP contribution in [0.5, 0.6) is 0 Å². The zero-order chi connectivity index (χ0) is 11.7. The summed E-state index contributed by atoms with van der Waals surface area (Å²) in [7, 11) is 0. The van der Waals surface area contributed by atoms with Gasteiger partial charge < -0.3 is 5.73 Å². The summed E-state index contributed by atoms with van der Waals surface area (Å²) in [6.45, 7) is 7.23. The quantitative estimate of drug-likeness (QED) is 0.756. The van der Waals surface area contributed by atoms with Gasteiger partial charge in [-0.1, -0.05) is 33.6 Å². The second kappa shape index (κ2) is 5.08. The molecule has 5 atom stereocenters. The Morgan fingerprint density at radius 3 is 2.06 bits per heavy atom. The summed E-state index contributed by atoms with van der Waals surface area (Å²) >= 11 is 0. The van der Waals surface area contributed by atoms with Crippen molar-refractivity contribution in [2.45, 2.75) is 65.3 Å². The fraction of sp³-hybridized carbons (Fsp3) is 1.00. The van der Waals surface area contributed by atoms with Gasteiger partial charge in [-0.2, -0.15) is 0 Å². The van der Waals surface area contributed by atoms with Crippen LogP contribution in [0.4, 0.5) is 0 Å². The van der Waals surface area contributed by atoms with Crippen LogP contribution in [-0.4, -0.2) is 6.04 Å². The molecule has 0 aromatic rings. The second-order valence-corrected chi connectivity index (χ2v) is 6.83. The Bertz CT molecular complexity index is 215. The van der Waals surface area contributed by atoms with E-state index in [4.69, 9.17) is 5.73 Å². The molecule has 5 unspecified atom stereocenters. The molecule has 2 fully saturated rings. The Kier molecular flexibility index (Phi) is 3.94. The molecule has 1 nitrogen and oxygen atoms in total. The van der Waals surface area contributed by atoms with E-state index < -0.39 is 0 Å². The molecule has 0 spiro atoms. The van der Waals surface area contributed by atoms with Crippen LogP contribution < -0.4 is 5.73 Å². The normalized spacial score (nSPS) is 46.9. The average molecular weight is 223 g/mol. The van der Waals surface area contributed by atoms with Crippen LogP contribution in [0.1, 0.15) is 59.3 Å². The highest BCUT2D eigenvalue weighted by Gasteiger charge is 2.36. The summed E-state index contributed by atoms with van der Waals surface area (Å²) in [5.41, 5.74) is 6.57. The Balaban J connectivity index is 1.95. The minimum absolute atomic E-state index is 0.489. The first kappa shape index (κ1) is 12.4. The molecule has 0 aromatic carbocycles. The second-order valence-electron chi connectivity index (χ2n) is 6.83. The summed E-state index contributed by atoms with van der Waals surface area (Å²) in [4.78, 5) is 0. The van der Waals surface area contributed by atoms with Gasteiger partial charge >= 0.3 is 0 Å². The monoisotopic (exact) mass is 223 g/mol. The largest absolute Gasteiger partial charge is 0.327 e. The molecule has 0 saturated heterocycles. The van der Waals surface area contributed by atoms with Crippen LogP contribution in [-0.2, 0) is 0 Å². The molecule has 2 rings (SSSR count). The van der Waals surface area contributed by atoms with Crippen molar-refractivity contribution in [3.8, 4) is 0 Å². The van der Waals surface area contributed by atoms with Crippen molar-refractivity contribution >= 4 is 0 Å². The molecule has 2 aliphatic carbocycles. The van der Waals surface area contributed by atoms with E-state index in [1.807, 2.05) is 0 Å². The standard InChI is InChI=1S/C15H29N/c1-10-7-11(2)9-13(8-10)15(16)14-6-4-5-12(14)3/h10-15H,4-9,16H2,1-3H3. The lowest BCUT2D eigenvalue weighted by Gasteiger charge is -2.38. The molecular weight excluding hydrogens is 194 g/mol. The molecule has 1 heteroatoms. The van der Waals surface area contributed by atoms with E-state index in [1.165, 1.54) is 38.5 Å². The van der Waals surface area contributed by atoms with E-state index >= 15 is 0 Å².